The molecule has 148 valence electrons. The molecule has 2 aromatic heterocycles. The van der Waals surface area contributed by atoms with Gasteiger partial charge in [-0.15, -0.1) is 5.10 Å². The van der Waals surface area contributed by atoms with Crippen molar-refractivity contribution in [2.75, 3.05) is 11.9 Å². The average molecular weight is 414 g/mol. The summed E-state index contributed by atoms with van der Waals surface area (Å²) in [6, 6.07) is 24.3. The molecule has 5 aromatic rings. The fraction of sp³-hybridized carbons (Fsp3) is 0.125. The van der Waals surface area contributed by atoms with Gasteiger partial charge < -0.3 is 5.32 Å². The summed E-state index contributed by atoms with van der Waals surface area (Å²) < 4.78 is 1.82. The number of aromatic nitrogens is 4. The van der Waals surface area contributed by atoms with Crippen LogP contribution < -0.4 is 5.32 Å². The molecule has 5 rings (SSSR count). The number of nitrogens with zero attached hydrogens (tertiary/aromatic N) is 4. The molecule has 0 aliphatic carbocycles. The first kappa shape index (κ1) is 18.6. The second-order valence-corrected chi connectivity index (χ2v) is 7.76. The number of anilines is 1. The third-order valence-electron chi connectivity index (χ3n) is 5.16. The van der Waals surface area contributed by atoms with Crippen LogP contribution in [0.3, 0.4) is 0 Å². The average Bonchev–Trinajstić information content (AvgIpc) is 3.19. The Kier molecular flexibility index (Phi) is 4.81. The highest BCUT2D eigenvalue weighted by Gasteiger charge is 2.15. The number of fused-ring (bicyclic) bond motifs is 3. The monoisotopic (exact) mass is 413 g/mol. The molecule has 2 heterocycles. The Labute approximate surface area is 179 Å². The lowest BCUT2D eigenvalue weighted by Crippen LogP contribution is -2.08. The molecule has 0 bridgehead atoms. The van der Waals surface area contributed by atoms with Crippen molar-refractivity contribution >= 4 is 34.0 Å². The van der Waals surface area contributed by atoms with E-state index in [2.05, 4.69) is 52.9 Å². The summed E-state index contributed by atoms with van der Waals surface area (Å²) in [5, 5.41) is 14.1. The van der Waals surface area contributed by atoms with Gasteiger partial charge in [0, 0.05) is 22.5 Å². The Morgan fingerprint density at radius 3 is 2.63 bits per heavy atom. The highest BCUT2D eigenvalue weighted by atomic mass is 35.5. The first-order valence-corrected chi connectivity index (χ1v) is 10.3. The van der Waals surface area contributed by atoms with Gasteiger partial charge in [0.2, 0.25) is 0 Å². The third-order valence-corrected chi connectivity index (χ3v) is 5.41. The van der Waals surface area contributed by atoms with Crippen molar-refractivity contribution in [2.45, 2.75) is 13.3 Å². The van der Waals surface area contributed by atoms with E-state index in [0.717, 1.165) is 51.6 Å². The van der Waals surface area contributed by atoms with E-state index in [1.807, 2.05) is 47.0 Å². The van der Waals surface area contributed by atoms with E-state index < -0.39 is 0 Å². The van der Waals surface area contributed by atoms with E-state index in [4.69, 9.17) is 16.6 Å². The van der Waals surface area contributed by atoms with Crippen LogP contribution in [0.1, 0.15) is 11.1 Å². The van der Waals surface area contributed by atoms with Crippen LogP contribution in [-0.4, -0.2) is 26.4 Å². The lowest BCUT2D eigenvalue weighted by Gasteiger charge is -2.11. The molecule has 0 radical (unpaired) electrons. The van der Waals surface area contributed by atoms with Gasteiger partial charge in [0.25, 0.3) is 0 Å². The zero-order chi connectivity index (χ0) is 20.5. The number of benzene rings is 3. The lowest BCUT2D eigenvalue weighted by molar-refractivity contribution is 0.876. The first-order chi connectivity index (χ1) is 14.7. The number of aryl methyl sites for hydroxylation is 1. The van der Waals surface area contributed by atoms with E-state index in [1.165, 1.54) is 11.1 Å². The van der Waals surface area contributed by atoms with Crippen LogP contribution in [0.2, 0.25) is 5.02 Å². The van der Waals surface area contributed by atoms with E-state index in [-0.39, 0.29) is 0 Å². The van der Waals surface area contributed by atoms with Crippen molar-refractivity contribution in [3.63, 3.8) is 0 Å². The zero-order valence-electron chi connectivity index (χ0n) is 16.5. The molecule has 0 saturated carbocycles. The minimum atomic E-state index is 0.744. The van der Waals surface area contributed by atoms with Gasteiger partial charge in [-0.1, -0.05) is 64.8 Å². The first-order valence-electron chi connectivity index (χ1n) is 9.88. The fourth-order valence-corrected chi connectivity index (χ4v) is 3.78. The summed E-state index contributed by atoms with van der Waals surface area (Å²) in [5.74, 6) is 0.836. The highest BCUT2D eigenvalue weighted by molar-refractivity contribution is 6.30. The summed E-state index contributed by atoms with van der Waals surface area (Å²) >= 11 is 5.99. The lowest BCUT2D eigenvalue weighted by atomic mass is 10.1. The molecule has 6 heteroatoms. The molecular weight excluding hydrogens is 394 g/mol. The summed E-state index contributed by atoms with van der Waals surface area (Å²) in [5.41, 5.74) is 5.92. The Morgan fingerprint density at radius 2 is 1.80 bits per heavy atom. The van der Waals surface area contributed by atoms with Crippen molar-refractivity contribution in [3.05, 3.63) is 88.9 Å². The number of halogens is 1. The quantitative estimate of drug-likeness (QED) is 0.409. The van der Waals surface area contributed by atoms with Gasteiger partial charge in [-0.3, -0.25) is 0 Å². The maximum atomic E-state index is 5.99. The van der Waals surface area contributed by atoms with Crippen molar-refractivity contribution in [1.82, 2.24) is 19.8 Å². The Bertz CT molecular complexity index is 1340. The SMILES string of the molecule is Cc1cccc(-c2nnn3c2nc(NCCc2ccc(Cl)cc2)c2ccccc23)c1. The van der Waals surface area contributed by atoms with Crippen molar-refractivity contribution < 1.29 is 0 Å². The smallest absolute Gasteiger partial charge is 0.186 e. The summed E-state index contributed by atoms with van der Waals surface area (Å²) in [6.45, 7) is 2.83. The third kappa shape index (κ3) is 3.48. The van der Waals surface area contributed by atoms with Gasteiger partial charge in [0.05, 0.1) is 5.52 Å². The zero-order valence-corrected chi connectivity index (χ0v) is 17.3. The largest absolute Gasteiger partial charge is 0.369 e. The molecule has 0 atom stereocenters. The Morgan fingerprint density at radius 1 is 0.967 bits per heavy atom. The van der Waals surface area contributed by atoms with Crippen molar-refractivity contribution in [2.24, 2.45) is 0 Å². The van der Waals surface area contributed by atoms with Gasteiger partial charge in [-0.2, -0.15) is 4.52 Å². The molecule has 0 aliphatic rings. The minimum absolute atomic E-state index is 0.744. The number of para-hydroxylation sites is 1. The van der Waals surface area contributed by atoms with Crippen LogP contribution in [0, 0.1) is 6.92 Å². The maximum absolute atomic E-state index is 5.99. The fourth-order valence-electron chi connectivity index (χ4n) is 3.65. The molecule has 0 aliphatic heterocycles. The molecular formula is C24H20ClN5. The molecule has 0 fully saturated rings. The molecule has 0 amide bonds. The minimum Gasteiger partial charge on any atom is -0.369 e. The van der Waals surface area contributed by atoms with Crippen LogP contribution >= 0.6 is 11.6 Å². The molecule has 30 heavy (non-hydrogen) atoms. The summed E-state index contributed by atoms with van der Waals surface area (Å²) in [4.78, 5) is 4.92. The van der Waals surface area contributed by atoms with E-state index >= 15 is 0 Å². The molecule has 1 N–H and O–H groups in total. The van der Waals surface area contributed by atoms with Crippen LogP contribution in [0.4, 0.5) is 5.82 Å². The molecule has 3 aromatic carbocycles. The second kappa shape index (κ2) is 7.76. The summed E-state index contributed by atoms with van der Waals surface area (Å²) in [7, 11) is 0. The van der Waals surface area contributed by atoms with Crippen LogP contribution in [0.25, 0.3) is 27.8 Å². The van der Waals surface area contributed by atoms with E-state index in [0.29, 0.717) is 0 Å². The van der Waals surface area contributed by atoms with E-state index in [1.54, 1.807) is 0 Å². The number of hydrogen-bond donors (Lipinski definition) is 1. The highest BCUT2D eigenvalue weighted by Crippen LogP contribution is 2.28. The topological polar surface area (TPSA) is 55.1 Å². The number of rotatable bonds is 5. The second-order valence-electron chi connectivity index (χ2n) is 7.32. The predicted molar refractivity (Wildman–Crippen MR) is 122 cm³/mol. The van der Waals surface area contributed by atoms with Crippen LogP contribution in [0.5, 0.6) is 0 Å². The van der Waals surface area contributed by atoms with E-state index in [9.17, 15) is 0 Å². The van der Waals surface area contributed by atoms with Crippen molar-refractivity contribution in [1.29, 1.82) is 0 Å². The Hall–Kier alpha value is -3.44. The summed E-state index contributed by atoms with van der Waals surface area (Å²) in [6.07, 6.45) is 0.876. The molecule has 0 spiro atoms. The van der Waals surface area contributed by atoms with Crippen molar-refractivity contribution in [3.8, 4) is 11.3 Å². The number of hydrogen-bond acceptors (Lipinski definition) is 4. The van der Waals surface area contributed by atoms with Gasteiger partial charge in [0.15, 0.2) is 5.65 Å². The normalized spacial score (nSPS) is 11.3. The maximum Gasteiger partial charge on any atom is 0.186 e. The standard InChI is InChI=1S/C24H20ClN5/c1-16-5-4-6-18(15-16)22-24-27-23(26-14-13-17-9-11-19(25)12-10-17)20-7-2-3-8-21(20)30(24)29-28-22/h2-12,15H,13-14H2,1H3,(H,26,27). The van der Waals surface area contributed by atoms with Gasteiger partial charge in [-0.25, -0.2) is 4.98 Å². The van der Waals surface area contributed by atoms with Gasteiger partial charge in [0.1, 0.15) is 11.5 Å². The number of nitrogens with one attached hydrogen (secondary N) is 1. The van der Waals surface area contributed by atoms with Gasteiger partial charge >= 0.3 is 0 Å². The predicted octanol–water partition coefficient (Wildman–Crippen LogP) is 5.56. The molecule has 5 nitrogen and oxygen atoms in total. The molecule has 0 unspecified atom stereocenters. The molecule has 0 saturated heterocycles. The Balaban J connectivity index is 1.54. The van der Waals surface area contributed by atoms with Crippen LogP contribution in [0.15, 0.2) is 72.8 Å². The van der Waals surface area contributed by atoms with Gasteiger partial charge in [-0.05, 0) is 49.2 Å². The van der Waals surface area contributed by atoms with Crippen LogP contribution in [-0.2, 0) is 6.42 Å².